The van der Waals surface area contributed by atoms with Crippen molar-refractivity contribution in [2.45, 2.75) is 117 Å². The van der Waals surface area contributed by atoms with E-state index in [-0.39, 0.29) is 5.41 Å². The lowest BCUT2D eigenvalue weighted by Gasteiger charge is -2.43. The maximum Gasteiger partial charge on any atom is 0.197 e. The number of carbonyl (C=O) groups is 1. The summed E-state index contributed by atoms with van der Waals surface area (Å²) in [7, 11) is 0. The molecule has 1 saturated carbocycles. The highest BCUT2D eigenvalue weighted by molar-refractivity contribution is 5.86. The fraction of sp³-hybridized carbons (Fsp3) is 0.759. The van der Waals surface area contributed by atoms with Crippen LogP contribution in [0, 0.1) is 11.3 Å². The molecule has 0 heterocycles. The maximum absolute atomic E-state index is 11.7. The van der Waals surface area contributed by atoms with Crippen molar-refractivity contribution >= 4 is 5.78 Å². The zero-order chi connectivity index (χ0) is 23.3. The second kappa shape index (κ2) is 14.2. The van der Waals surface area contributed by atoms with Gasteiger partial charge >= 0.3 is 0 Å². The van der Waals surface area contributed by atoms with E-state index in [1.165, 1.54) is 38.5 Å². The van der Waals surface area contributed by atoms with E-state index in [2.05, 4.69) is 58.0 Å². The number of ketones is 1. The molecule has 1 aromatic rings. The lowest BCUT2D eigenvalue weighted by molar-refractivity contribution is -0.277. The number of rotatable bonds is 18. The van der Waals surface area contributed by atoms with Gasteiger partial charge in [-0.3, -0.25) is 4.79 Å². The molecular formula is C29H48O3. The standard InChI is InChI=1S/C29H48O3/c1-5-9-10-11-12-14-18-26(21-17-22-28(6-2)23-27(30)24-28)29(31-7-3,32-8-4)25-19-15-13-16-20-25/h13,15-16,19-20,26H,5-12,14,17-18,21-24H2,1-4H3. The van der Waals surface area contributed by atoms with Crippen molar-refractivity contribution in [1.29, 1.82) is 0 Å². The van der Waals surface area contributed by atoms with Gasteiger partial charge in [-0.15, -0.1) is 0 Å². The van der Waals surface area contributed by atoms with Crippen LogP contribution in [-0.4, -0.2) is 19.0 Å². The minimum absolute atomic E-state index is 0.258. The minimum Gasteiger partial charge on any atom is -0.346 e. The van der Waals surface area contributed by atoms with Crippen LogP contribution >= 0.6 is 0 Å². The van der Waals surface area contributed by atoms with E-state index in [9.17, 15) is 4.79 Å². The molecule has 2 rings (SSSR count). The smallest absolute Gasteiger partial charge is 0.197 e. The van der Waals surface area contributed by atoms with Crippen molar-refractivity contribution < 1.29 is 14.3 Å². The normalized spacial score (nSPS) is 16.7. The summed E-state index contributed by atoms with van der Waals surface area (Å²) in [4.78, 5) is 11.7. The predicted octanol–water partition coefficient (Wildman–Crippen LogP) is 8.21. The molecule has 1 aromatic carbocycles. The van der Waals surface area contributed by atoms with Gasteiger partial charge in [0.05, 0.1) is 0 Å². The molecule has 0 amide bonds. The van der Waals surface area contributed by atoms with Crippen LogP contribution in [0.25, 0.3) is 0 Å². The Hall–Kier alpha value is -1.19. The van der Waals surface area contributed by atoms with Crippen molar-refractivity contribution in [1.82, 2.24) is 0 Å². The SMILES string of the molecule is CCCCCCCCC(CCCC1(CC)CC(=O)C1)C(OCC)(OCC)c1ccccc1. The van der Waals surface area contributed by atoms with Crippen molar-refractivity contribution in [2.75, 3.05) is 13.2 Å². The summed E-state index contributed by atoms with van der Waals surface area (Å²) in [6, 6.07) is 10.6. The molecule has 0 spiro atoms. The third-order valence-corrected chi connectivity index (χ3v) is 7.49. The first-order valence-corrected chi connectivity index (χ1v) is 13.4. The number of unbranched alkanes of at least 4 members (excludes halogenated alkanes) is 5. The molecule has 0 bridgehead atoms. The Kier molecular flexibility index (Phi) is 12.0. The van der Waals surface area contributed by atoms with Crippen molar-refractivity contribution in [3.63, 3.8) is 0 Å². The highest BCUT2D eigenvalue weighted by Gasteiger charge is 2.44. The number of ether oxygens (including phenoxy) is 2. The van der Waals surface area contributed by atoms with Gasteiger partial charge in [-0.1, -0.05) is 89.1 Å². The van der Waals surface area contributed by atoms with E-state index in [1.54, 1.807) is 0 Å². The van der Waals surface area contributed by atoms with E-state index in [0.717, 1.165) is 50.5 Å². The average Bonchev–Trinajstić information content (AvgIpc) is 2.79. The molecule has 32 heavy (non-hydrogen) atoms. The molecule has 1 aliphatic rings. The van der Waals surface area contributed by atoms with Crippen LogP contribution in [0.5, 0.6) is 0 Å². The lowest BCUT2D eigenvalue weighted by atomic mass is 9.63. The van der Waals surface area contributed by atoms with Crippen LogP contribution in [0.1, 0.15) is 117 Å². The first kappa shape index (κ1) is 27.1. The van der Waals surface area contributed by atoms with Gasteiger partial charge in [-0.25, -0.2) is 0 Å². The van der Waals surface area contributed by atoms with Gasteiger partial charge in [0, 0.05) is 37.5 Å². The number of benzene rings is 1. The fourth-order valence-electron chi connectivity index (χ4n) is 5.59. The third-order valence-electron chi connectivity index (χ3n) is 7.49. The molecule has 0 saturated heterocycles. The topological polar surface area (TPSA) is 35.5 Å². The van der Waals surface area contributed by atoms with Crippen molar-refractivity contribution in [2.24, 2.45) is 11.3 Å². The Labute approximate surface area is 197 Å². The Bertz CT molecular complexity index is 625. The zero-order valence-electron chi connectivity index (χ0n) is 21.3. The number of Topliss-reactive ketones (excluding diaryl/α,β-unsaturated/α-hetero) is 1. The Morgan fingerprint density at radius 2 is 1.44 bits per heavy atom. The van der Waals surface area contributed by atoms with Gasteiger partial charge in [0.25, 0.3) is 0 Å². The van der Waals surface area contributed by atoms with Gasteiger partial charge in [-0.2, -0.15) is 0 Å². The summed E-state index contributed by atoms with van der Waals surface area (Å²) in [6.45, 7) is 9.93. The summed E-state index contributed by atoms with van der Waals surface area (Å²) in [5.74, 6) is 0.0848. The van der Waals surface area contributed by atoms with E-state index in [1.807, 2.05) is 0 Å². The molecule has 1 atom stereocenters. The Morgan fingerprint density at radius 3 is 2.00 bits per heavy atom. The first-order valence-electron chi connectivity index (χ1n) is 13.4. The Morgan fingerprint density at radius 1 is 0.844 bits per heavy atom. The number of hydrogen-bond acceptors (Lipinski definition) is 3. The summed E-state index contributed by atoms with van der Waals surface area (Å²) >= 11 is 0. The highest BCUT2D eigenvalue weighted by atomic mass is 16.7. The molecule has 1 aliphatic carbocycles. The van der Waals surface area contributed by atoms with E-state index < -0.39 is 5.79 Å². The van der Waals surface area contributed by atoms with Crippen molar-refractivity contribution in [3.8, 4) is 0 Å². The van der Waals surface area contributed by atoms with Crippen LogP contribution in [0.4, 0.5) is 0 Å². The third kappa shape index (κ3) is 7.42. The van der Waals surface area contributed by atoms with E-state index in [0.29, 0.717) is 24.9 Å². The Balaban J connectivity index is 2.15. The molecule has 0 aromatic heterocycles. The van der Waals surface area contributed by atoms with E-state index >= 15 is 0 Å². The highest BCUT2D eigenvalue weighted by Crippen LogP contribution is 2.47. The predicted molar refractivity (Wildman–Crippen MR) is 134 cm³/mol. The lowest BCUT2D eigenvalue weighted by Crippen LogP contribution is -2.42. The van der Waals surface area contributed by atoms with Crippen LogP contribution in [-0.2, 0) is 20.1 Å². The summed E-state index contributed by atoms with van der Waals surface area (Å²) < 4.78 is 13.0. The molecule has 1 fully saturated rings. The average molecular weight is 445 g/mol. The summed E-state index contributed by atoms with van der Waals surface area (Å²) in [5.41, 5.74) is 1.40. The van der Waals surface area contributed by atoms with Crippen molar-refractivity contribution in [3.05, 3.63) is 35.9 Å². The monoisotopic (exact) mass is 444 g/mol. The quantitative estimate of drug-likeness (QED) is 0.169. The van der Waals surface area contributed by atoms with Crippen LogP contribution < -0.4 is 0 Å². The maximum atomic E-state index is 11.7. The number of carbonyl (C=O) groups excluding carboxylic acids is 1. The van der Waals surface area contributed by atoms with Crippen LogP contribution in [0.3, 0.4) is 0 Å². The molecule has 3 heteroatoms. The van der Waals surface area contributed by atoms with Gasteiger partial charge in [-0.05, 0) is 44.9 Å². The van der Waals surface area contributed by atoms with Gasteiger partial charge in [0.1, 0.15) is 5.78 Å². The molecule has 0 radical (unpaired) electrons. The zero-order valence-corrected chi connectivity index (χ0v) is 21.3. The first-order chi connectivity index (χ1) is 15.6. The molecule has 1 unspecified atom stereocenters. The summed E-state index contributed by atoms with van der Waals surface area (Å²) in [6.07, 6.45) is 15.0. The minimum atomic E-state index is -0.678. The molecule has 0 N–H and O–H groups in total. The molecular weight excluding hydrogens is 396 g/mol. The molecule has 0 aliphatic heterocycles. The number of hydrogen-bond donors (Lipinski definition) is 0. The van der Waals surface area contributed by atoms with Gasteiger partial charge in [0.2, 0.25) is 0 Å². The van der Waals surface area contributed by atoms with Crippen LogP contribution in [0.15, 0.2) is 30.3 Å². The van der Waals surface area contributed by atoms with E-state index in [4.69, 9.17) is 9.47 Å². The molecule has 3 nitrogen and oxygen atoms in total. The second-order valence-corrected chi connectivity index (χ2v) is 9.79. The molecule has 182 valence electrons. The second-order valence-electron chi connectivity index (χ2n) is 9.79. The van der Waals surface area contributed by atoms with Gasteiger partial charge in [0.15, 0.2) is 5.79 Å². The fourth-order valence-corrected chi connectivity index (χ4v) is 5.59. The summed E-state index contributed by atoms with van der Waals surface area (Å²) in [5, 5.41) is 0. The largest absolute Gasteiger partial charge is 0.346 e. The van der Waals surface area contributed by atoms with Crippen LogP contribution in [0.2, 0.25) is 0 Å². The van der Waals surface area contributed by atoms with Gasteiger partial charge < -0.3 is 9.47 Å².